The SMILES string of the molecule is Cc1nc(N)c2nc(C)n(CCCCSc3ccccc3)c2c1C. The zero-order chi connectivity index (χ0) is 17.1. The fourth-order valence-electron chi connectivity index (χ4n) is 2.96. The summed E-state index contributed by atoms with van der Waals surface area (Å²) in [7, 11) is 0. The van der Waals surface area contributed by atoms with Crippen LogP contribution < -0.4 is 5.73 Å². The van der Waals surface area contributed by atoms with Crippen LogP contribution in [0.25, 0.3) is 11.0 Å². The second-order valence-corrected chi connectivity index (χ2v) is 7.25. The Labute approximate surface area is 147 Å². The minimum Gasteiger partial charge on any atom is -0.382 e. The van der Waals surface area contributed by atoms with Gasteiger partial charge in [0.2, 0.25) is 0 Å². The Balaban J connectivity index is 1.66. The van der Waals surface area contributed by atoms with Crippen molar-refractivity contribution in [3.63, 3.8) is 0 Å². The van der Waals surface area contributed by atoms with Crippen LogP contribution in [0.2, 0.25) is 0 Å². The van der Waals surface area contributed by atoms with E-state index in [1.54, 1.807) is 0 Å². The zero-order valence-electron chi connectivity index (χ0n) is 14.5. The molecule has 0 aliphatic heterocycles. The number of rotatable bonds is 6. The van der Waals surface area contributed by atoms with E-state index in [1.807, 2.05) is 25.6 Å². The number of nitrogens with two attached hydrogens (primary N) is 1. The van der Waals surface area contributed by atoms with Crippen LogP contribution in [0.3, 0.4) is 0 Å². The molecule has 0 spiro atoms. The predicted octanol–water partition coefficient (Wildman–Crippen LogP) is 4.51. The van der Waals surface area contributed by atoms with Gasteiger partial charge in [-0.1, -0.05) is 18.2 Å². The first kappa shape index (κ1) is 16.8. The third-order valence-electron chi connectivity index (χ3n) is 4.38. The van der Waals surface area contributed by atoms with Crippen LogP contribution in [0.15, 0.2) is 35.2 Å². The maximum absolute atomic E-state index is 6.06. The van der Waals surface area contributed by atoms with Crippen molar-refractivity contribution in [2.24, 2.45) is 0 Å². The van der Waals surface area contributed by atoms with Crippen LogP contribution >= 0.6 is 11.8 Å². The number of nitrogens with zero attached hydrogens (tertiary/aromatic N) is 3. The van der Waals surface area contributed by atoms with Crippen molar-refractivity contribution < 1.29 is 0 Å². The van der Waals surface area contributed by atoms with E-state index in [4.69, 9.17) is 5.73 Å². The average Bonchev–Trinajstić information content (AvgIpc) is 2.91. The summed E-state index contributed by atoms with van der Waals surface area (Å²) in [4.78, 5) is 10.4. The molecule has 3 rings (SSSR count). The van der Waals surface area contributed by atoms with E-state index >= 15 is 0 Å². The smallest absolute Gasteiger partial charge is 0.151 e. The van der Waals surface area contributed by atoms with Gasteiger partial charge in [0.05, 0.1) is 5.52 Å². The minimum absolute atomic E-state index is 0.537. The first-order valence-electron chi connectivity index (χ1n) is 8.35. The summed E-state index contributed by atoms with van der Waals surface area (Å²) in [6, 6.07) is 10.6. The van der Waals surface area contributed by atoms with Crippen molar-refractivity contribution in [3.05, 3.63) is 47.4 Å². The first-order chi connectivity index (χ1) is 11.6. The third-order valence-corrected chi connectivity index (χ3v) is 5.47. The summed E-state index contributed by atoms with van der Waals surface area (Å²) in [6.07, 6.45) is 2.31. The molecule has 0 radical (unpaired) electrons. The molecular weight excluding hydrogens is 316 g/mol. The van der Waals surface area contributed by atoms with E-state index in [1.165, 1.54) is 16.9 Å². The van der Waals surface area contributed by atoms with E-state index in [9.17, 15) is 0 Å². The second kappa shape index (κ2) is 7.26. The van der Waals surface area contributed by atoms with Gasteiger partial charge >= 0.3 is 0 Å². The van der Waals surface area contributed by atoms with Crippen molar-refractivity contribution in [1.29, 1.82) is 0 Å². The van der Waals surface area contributed by atoms with Crippen LogP contribution in [0.5, 0.6) is 0 Å². The Morgan fingerprint density at radius 1 is 1.04 bits per heavy atom. The van der Waals surface area contributed by atoms with Crippen LogP contribution in [0, 0.1) is 20.8 Å². The molecule has 1 aromatic carbocycles. The van der Waals surface area contributed by atoms with Gasteiger partial charge in [-0.15, -0.1) is 11.8 Å². The van der Waals surface area contributed by atoms with Crippen molar-refractivity contribution in [2.45, 2.75) is 45.1 Å². The summed E-state index contributed by atoms with van der Waals surface area (Å²) >= 11 is 1.92. The summed E-state index contributed by atoms with van der Waals surface area (Å²) in [5.74, 6) is 2.69. The second-order valence-electron chi connectivity index (χ2n) is 6.08. The highest BCUT2D eigenvalue weighted by atomic mass is 32.2. The van der Waals surface area contributed by atoms with Gasteiger partial charge in [-0.3, -0.25) is 0 Å². The fraction of sp³-hybridized carbons (Fsp3) is 0.368. The van der Waals surface area contributed by atoms with Gasteiger partial charge in [0.15, 0.2) is 5.82 Å². The molecule has 2 N–H and O–H groups in total. The number of fused-ring (bicyclic) bond motifs is 1. The Kier molecular flexibility index (Phi) is 5.09. The van der Waals surface area contributed by atoms with E-state index in [0.29, 0.717) is 5.82 Å². The summed E-state index contributed by atoms with van der Waals surface area (Å²) in [5, 5.41) is 0. The van der Waals surface area contributed by atoms with Gasteiger partial charge < -0.3 is 10.3 Å². The lowest BCUT2D eigenvalue weighted by atomic mass is 10.2. The van der Waals surface area contributed by atoms with Gasteiger partial charge in [0, 0.05) is 17.1 Å². The van der Waals surface area contributed by atoms with Crippen molar-refractivity contribution in [2.75, 3.05) is 11.5 Å². The standard InChI is InChI=1S/C19H24N4S/c1-13-14(2)21-19(20)17-18(13)23(15(3)22-17)11-7-8-12-24-16-9-5-4-6-10-16/h4-6,9-10H,7-8,11-12H2,1-3H3,(H2,20,21). The van der Waals surface area contributed by atoms with Crippen LogP contribution in [-0.2, 0) is 6.54 Å². The maximum Gasteiger partial charge on any atom is 0.151 e. The fourth-order valence-corrected chi connectivity index (χ4v) is 3.90. The highest BCUT2D eigenvalue weighted by Gasteiger charge is 2.15. The third kappa shape index (κ3) is 3.41. The van der Waals surface area contributed by atoms with Crippen molar-refractivity contribution in [3.8, 4) is 0 Å². The number of aromatic nitrogens is 3. The summed E-state index contributed by atoms with van der Waals surface area (Å²) in [6.45, 7) is 7.13. The normalized spacial score (nSPS) is 11.3. The highest BCUT2D eigenvalue weighted by Crippen LogP contribution is 2.26. The first-order valence-corrected chi connectivity index (χ1v) is 9.34. The molecule has 0 unspecified atom stereocenters. The molecular formula is C19H24N4S. The number of thioether (sulfide) groups is 1. The molecule has 0 bridgehead atoms. The van der Waals surface area contributed by atoms with Crippen LogP contribution in [0.1, 0.15) is 29.9 Å². The molecule has 5 heteroatoms. The molecule has 0 aliphatic carbocycles. The molecule has 4 nitrogen and oxygen atoms in total. The molecule has 2 aromatic heterocycles. The Morgan fingerprint density at radius 3 is 2.54 bits per heavy atom. The largest absolute Gasteiger partial charge is 0.382 e. The molecule has 0 aliphatic rings. The molecule has 0 fully saturated rings. The van der Waals surface area contributed by atoms with E-state index in [-0.39, 0.29) is 0 Å². The maximum atomic E-state index is 6.06. The quantitative estimate of drug-likeness (QED) is 0.530. The number of imidazole rings is 1. The van der Waals surface area contributed by atoms with Gasteiger partial charge in [-0.05, 0) is 57.1 Å². The molecule has 0 saturated carbocycles. The number of pyridine rings is 1. The van der Waals surface area contributed by atoms with E-state index < -0.39 is 0 Å². The number of unbranched alkanes of at least 4 members (excludes halogenated alkanes) is 1. The molecule has 0 amide bonds. The number of aryl methyl sites for hydroxylation is 4. The van der Waals surface area contributed by atoms with Crippen LogP contribution in [-0.4, -0.2) is 20.3 Å². The lowest BCUT2D eigenvalue weighted by molar-refractivity contribution is 0.632. The number of nitrogen functional groups attached to an aromatic ring is 1. The zero-order valence-corrected chi connectivity index (χ0v) is 15.4. The molecule has 24 heavy (non-hydrogen) atoms. The number of hydrogen-bond donors (Lipinski definition) is 1. The van der Waals surface area contributed by atoms with Gasteiger partial charge in [-0.25, -0.2) is 9.97 Å². The van der Waals surface area contributed by atoms with Gasteiger partial charge in [0.25, 0.3) is 0 Å². The van der Waals surface area contributed by atoms with Crippen molar-refractivity contribution in [1.82, 2.24) is 14.5 Å². The topological polar surface area (TPSA) is 56.7 Å². The lowest BCUT2D eigenvalue weighted by Crippen LogP contribution is -2.04. The Bertz CT molecular complexity index is 840. The number of anilines is 1. The lowest BCUT2D eigenvalue weighted by Gasteiger charge is -2.10. The summed E-state index contributed by atoms with van der Waals surface area (Å²) in [5.41, 5.74) is 10.2. The molecule has 0 atom stereocenters. The monoisotopic (exact) mass is 340 g/mol. The molecule has 3 aromatic rings. The minimum atomic E-state index is 0.537. The molecule has 2 heterocycles. The van der Waals surface area contributed by atoms with E-state index in [0.717, 1.165) is 41.3 Å². The number of hydrogen-bond acceptors (Lipinski definition) is 4. The Morgan fingerprint density at radius 2 is 1.79 bits per heavy atom. The average molecular weight is 340 g/mol. The molecule has 126 valence electrons. The molecule has 0 saturated heterocycles. The number of benzene rings is 1. The predicted molar refractivity (Wildman–Crippen MR) is 103 cm³/mol. The summed E-state index contributed by atoms with van der Waals surface area (Å²) < 4.78 is 2.29. The van der Waals surface area contributed by atoms with Gasteiger partial charge in [-0.2, -0.15) is 0 Å². The van der Waals surface area contributed by atoms with Crippen LogP contribution in [0.4, 0.5) is 5.82 Å². The van der Waals surface area contributed by atoms with Crippen molar-refractivity contribution >= 4 is 28.6 Å². The highest BCUT2D eigenvalue weighted by molar-refractivity contribution is 7.99. The van der Waals surface area contributed by atoms with E-state index in [2.05, 4.69) is 51.8 Å². The Hall–Kier alpha value is -2.01. The van der Waals surface area contributed by atoms with Gasteiger partial charge in [0.1, 0.15) is 11.3 Å².